The van der Waals surface area contributed by atoms with Crippen molar-refractivity contribution in [2.24, 2.45) is 0 Å². The molecule has 1 aromatic carbocycles. The molecule has 2 heteroatoms. The molecule has 0 aliphatic heterocycles. The van der Waals surface area contributed by atoms with Crippen molar-refractivity contribution in [1.82, 2.24) is 0 Å². The number of hydrogen-bond acceptors (Lipinski definition) is 2. The second-order valence-corrected chi connectivity index (χ2v) is 8.16. The molecule has 2 nitrogen and oxygen atoms in total. The predicted octanol–water partition coefficient (Wildman–Crippen LogP) is 8.19. The molecule has 0 unspecified atom stereocenters. The van der Waals surface area contributed by atoms with E-state index in [9.17, 15) is 4.79 Å². The minimum absolute atomic E-state index is 0.361. The molecule has 0 aliphatic carbocycles. The van der Waals surface area contributed by atoms with Crippen LogP contribution in [0.3, 0.4) is 0 Å². The number of unbranched alkanes of at least 4 members (excludes halogenated alkanes) is 13. The number of esters is 1. The van der Waals surface area contributed by atoms with Crippen LogP contribution in [0.5, 0.6) is 5.75 Å². The first-order chi connectivity index (χ1) is 13.6. The topological polar surface area (TPSA) is 26.3 Å². The maximum Gasteiger partial charge on any atom is 0.338 e. The lowest BCUT2D eigenvalue weighted by atomic mass is 10.0. The Morgan fingerprint density at radius 1 is 0.750 bits per heavy atom. The molecule has 0 amide bonds. The molecule has 0 bridgehead atoms. The van der Waals surface area contributed by atoms with Crippen LogP contribution in [0.25, 0.3) is 0 Å². The zero-order chi connectivity index (χ0) is 20.5. The van der Waals surface area contributed by atoms with Crippen LogP contribution in [0.4, 0.5) is 0 Å². The van der Waals surface area contributed by atoms with Crippen LogP contribution in [0.15, 0.2) is 36.4 Å². The highest BCUT2D eigenvalue weighted by Crippen LogP contribution is 2.17. The molecule has 0 atom stereocenters. The van der Waals surface area contributed by atoms with Crippen LogP contribution >= 0.6 is 0 Å². The summed E-state index contributed by atoms with van der Waals surface area (Å²) in [5, 5.41) is 0. The first-order valence-corrected chi connectivity index (χ1v) is 11.6. The van der Waals surface area contributed by atoms with Crippen LogP contribution in [0.2, 0.25) is 0 Å². The van der Waals surface area contributed by atoms with E-state index in [2.05, 4.69) is 25.6 Å². The summed E-state index contributed by atoms with van der Waals surface area (Å²) in [6.45, 7) is 7.54. The van der Waals surface area contributed by atoms with Gasteiger partial charge < -0.3 is 4.74 Å². The standard InChI is InChI=1S/C26H42O2/c1-4-5-6-7-8-9-10-11-12-13-14-15-16-17-18-24-19-21-25(22-20-24)28-26(27)23(2)3/h19-22H,2,4-18H2,1,3H3. The maximum absolute atomic E-state index is 11.5. The fourth-order valence-electron chi connectivity index (χ4n) is 3.44. The van der Waals surface area contributed by atoms with Crippen molar-refractivity contribution in [3.63, 3.8) is 0 Å². The monoisotopic (exact) mass is 386 g/mol. The Bertz CT molecular complexity index is 530. The second-order valence-electron chi connectivity index (χ2n) is 8.16. The number of ether oxygens (including phenoxy) is 1. The fourth-order valence-corrected chi connectivity index (χ4v) is 3.44. The molecule has 0 saturated carbocycles. The Balaban J connectivity index is 1.93. The van der Waals surface area contributed by atoms with E-state index in [1.807, 2.05) is 12.1 Å². The van der Waals surface area contributed by atoms with Gasteiger partial charge in [-0.05, 0) is 37.5 Å². The summed E-state index contributed by atoms with van der Waals surface area (Å²) in [7, 11) is 0. The third-order valence-electron chi connectivity index (χ3n) is 5.30. The molecule has 28 heavy (non-hydrogen) atoms. The van der Waals surface area contributed by atoms with E-state index >= 15 is 0 Å². The molecule has 0 fully saturated rings. The van der Waals surface area contributed by atoms with Crippen molar-refractivity contribution < 1.29 is 9.53 Å². The van der Waals surface area contributed by atoms with Crippen LogP contribution in [-0.2, 0) is 11.2 Å². The zero-order valence-corrected chi connectivity index (χ0v) is 18.4. The SMILES string of the molecule is C=C(C)C(=O)Oc1ccc(CCCCCCCCCCCCCCCC)cc1. The summed E-state index contributed by atoms with van der Waals surface area (Å²) in [5.41, 5.74) is 1.74. The lowest BCUT2D eigenvalue weighted by molar-refractivity contribution is -0.130. The van der Waals surface area contributed by atoms with Gasteiger partial charge in [0, 0.05) is 5.57 Å². The smallest absolute Gasteiger partial charge is 0.338 e. The predicted molar refractivity (Wildman–Crippen MR) is 121 cm³/mol. The van der Waals surface area contributed by atoms with Crippen molar-refractivity contribution in [2.75, 3.05) is 0 Å². The Morgan fingerprint density at radius 2 is 1.18 bits per heavy atom. The number of hydrogen-bond donors (Lipinski definition) is 0. The third kappa shape index (κ3) is 12.8. The first-order valence-electron chi connectivity index (χ1n) is 11.6. The van der Waals surface area contributed by atoms with E-state index in [-0.39, 0.29) is 5.97 Å². The largest absolute Gasteiger partial charge is 0.423 e. The van der Waals surface area contributed by atoms with Gasteiger partial charge >= 0.3 is 5.97 Å². The van der Waals surface area contributed by atoms with E-state index in [0.717, 1.165) is 6.42 Å². The van der Waals surface area contributed by atoms with Crippen LogP contribution in [0.1, 0.15) is 109 Å². The molecule has 0 heterocycles. The van der Waals surface area contributed by atoms with Gasteiger partial charge in [-0.15, -0.1) is 0 Å². The zero-order valence-electron chi connectivity index (χ0n) is 18.4. The van der Waals surface area contributed by atoms with E-state index in [1.165, 1.54) is 95.5 Å². The van der Waals surface area contributed by atoms with Gasteiger partial charge in [-0.3, -0.25) is 0 Å². The van der Waals surface area contributed by atoms with E-state index in [4.69, 9.17) is 4.74 Å². The van der Waals surface area contributed by atoms with Gasteiger partial charge in [-0.25, -0.2) is 4.79 Å². The highest BCUT2D eigenvalue weighted by Gasteiger charge is 2.05. The van der Waals surface area contributed by atoms with E-state index < -0.39 is 0 Å². The quantitative estimate of drug-likeness (QED) is 0.117. The van der Waals surface area contributed by atoms with E-state index in [0.29, 0.717) is 11.3 Å². The average molecular weight is 387 g/mol. The van der Waals surface area contributed by atoms with E-state index in [1.54, 1.807) is 6.92 Å². The molecule has 0 spiro atoms. The molecule has 158 valence electrons. The number of benzene rings is 1. The van der Waals surface area contributed by atoms with Gasteiger partial charge in [0.15, 0.2) is 0 Å². The molecule has 0 N–H and O–H groups in total. The lowest BCUT2D eigenvalue weighted by Crippen LogP contribution is -2.07. The average Bonchev–Trinajstić information content (AvgIpc) is 2.69. The number of carbonyl (C=O) groups excluding carboxylic acids is 1. The van der Waals surface area contributed by atoms with Crippen molar-refractivity contribution in [1.29, 1.82) is 0 Å². The molecule has 1 aromatic rings. The number of carbonyl (C=O) groups is 1. The van der Waals surface area contributed by atoms with Gasteiger partial charge in [0.2, 0.25) is 0 Å². The molecule has 0 radical (unpaired) electrons. The van der Waals surface area contributed by atoms with Crippen molar-refractivity contribution in [2.45, 2.75) is 110 Å². The Labute approximate surface area is 173 Å². The summed E-state index contributed by atoms with van der Waals surface area (Å²) >= 11 is 0. The fraction of sp³-hybridized carbons (Fsp3) is 0.654. The second kappa shape index (κ2) is 16.4. The normalized spacial score (nSPS) is 10.8. The highest BCUT2D eigenvalue weighted by atomic mass is 16.5. The van der Waals surface area contributed by atoms with Gasteiger partial charge in [-0.1, -0.05) is 109 Å². The molecule has 0 aromatic heterocycles. The number of rotatable bonds is 17. The van der Waals surface area contributed by atoms with Gasteiger partial charge in [0.05, 0.1) is 0 Å². The molecular formula is C26H42O2. The van der Waals surface area contributed by atoms with Crippen molar-refractivity contribution in [3.05, 3.63) is 42.0 Å². The van der Waals surface area contributed by atoms with Crippen LogP contribution < -0.4 is 4.74 Å². The number of aryl methyl sites for hydroxylation is 1. The van der Waals surface area contributed by atoms with Crippen molar-refractivity contribution >= 4 is 5.97 Å². The van der Waals surface area contributed by atoms with Gasteiger partial charge in [0.25, 0.3) is 0 Å². The summed E-state index contributed by atoms with van der Waals surface area (Å²) in [6, 6.07) is 7.87. The maximum atomic E-state index is 11.5. The summed E-state index contributed by atoms with van der Waals surface area (Å²) in [6.07, 6.45) is 20.6. The highest BCUT2D eigenvalue weighted by molar-refractivity contribution is 5.88. The van der Waals surface area contributed by atoms with Crippen molar-refractivity contribution in [3.8, 4) is 5.75 Å². The minimum atomic E-state index is -0.361. The van der Waals surface area contributed by atoms with Gasteiger partial charge in [0.1, 0.15) is 5.75 Å². The molecule has 0 saturated heterocycles. The van der Waals surface area contributed by atoms with Crippen LogP contribution in [-0.4, -0.2) is 5.97 Å². The first kappa shape index (κ1) is 24.5. The molecular weight excluding hydrogens is 344 g/mol. The molecule has 0 aliphatic rings. The van der Waals surface area contributed by atoms with Gasteiger partial charge in [-0.2, -0.15) is 0 Å². The third-order valence-corrected chi connectivity index (χ3v) is 5.30. The minimum Gasteiger partial charge on any atom is -0.423 e. The van der Waals surface area contributed by atoms with Crippen LogP contribution in [0, 0.1) is 0 Å². The Morgan fingerprint density at radius 3 is 1.61 bits per heavy atom. The Kier molecular flexibility index (Phi) is 14.3. The lowest BCUT2D eigenvalue weighted by Gasteiger charge is -2.06. The summed E-state index contributed by atoms with van der Waals surface area (Å²) < 4.78 is 5.22. The summed E-state index contributed by atoms with van der Waals surface area (Å²) in [4.78, 5) is 11.5. The Hall–Kier alpha value is -1.57. The summed E-state index contributed by atoms with van der Waals surface area (Å²) in [5.74, 6) is 0.234. The molecule has 1 rings (SSSR count).